The molecule has 0 saturated carbocycles. The maximum absolute atomic E-state index is 9.43. The molecule has 0 unspecified atom stereocenters. The third-order valence-corrected chi connectivity index (χ3v) is 0.302. The van der Waals surface area contributed by atoms with E-state index in [4.69, 9.17) is 10.2 Å². The second-order valence-electron chi connectivity index (χ2n) is 0.964. The van der Waals surface area contributed by atoms with Gasteiger partial charge in [-0.3, -0.25) is 9.59 Å². The number of aliphatic carboxylic acids is 2. The molecule has 0 aliphatic carbocycles. The predicted octanol–water partition coefficient (Wildman–Crippen LogP) is -2.11. The van der Waals surface area contributed by atoms with Crippen molar-refractivity contribution >= 4 is 11.9 Å². The molecule has 0 amide bonds. The van der Waals surface area contributed by atoms with E-state index in [-0.39, 0.29) is 28.0 Å². The minimum absolute atomic E-state index is 0. The number of hydrogen-bond acceptors (Lipinski definition) is 2. The predicted molar refractivity (Wildman–Crippen MR) is 27.1 cm³/mol. The Kier molecular flexibility index (Phi) is 25.5. The number of rotatable bonds is 2. The molecule has 0 aromatic rings. The monoisotopic (exact) mass is 196 g/mol. The molecule has 6 N–H and O–H groups in total. The first-order chi connectivity index (χ1) is 3.13. The van der Waals surface area contributed by atoms with Crippen LogP contribution in [0.25, 0.3) is 0 Å². The molecule has 0 heterocycles. The van der Waals surface area contributed by atoms with Gasteiger partial charge in [0.15, 0.2) is 0 Å². The summed E-state index contributed by atoms with van der Waals surface area (Å²) >= 11 is 0. The minimum atomic E-state index is -1.31. The van der Waals surface area contributed by atoms with E-state index in [1.54, 1.807) is 0 Å². The Hall–Kier alpha value is -0.621. The second-order valence-corrected chi connectivity index (χ2v) is 0.964. The van der Waals surface area contributed by atoms with Gasteiger partial charge in [0.05, 0.1) is 0 Å². The van der Waals surface area contributed by atoms with E-state index >= 15 is 0 Å². The molecular formula is C3H8FeO6. The van der Waals surface area contributed by atoms with Gasteiger partial charge in [-0.15, -0.1) is 0 Å². The van der Waals surface area contributed by atoms with Crippen LogP contribution >= 0.6 is 0 Å². The number of carboxylic acid groups (broad SMARTS) is 2. The van der Waals surface area contributed by atoms with E-state index in [9.17, 15) is 9.59 Å². The van der Waals surface area contributed by atoms with Crippen LogP contribution in [0.15, 0.2) is 0 Å². The fourth-order valence-electron chi connectivity index (χ4n) is 0.129. The molecule has 7 heteroatoms. The molecule has 0 rings (SSSR count). The zero-order valence-electron chi connectivity index (χ0n) is 4.77. The Bertz CT molecular complexity index is 89.2. The van der Waals surface area contributed by atoms with Crippen molar-refractivity contribution in [3.8, 4) is 0 Å². The number of hydrogen-bond donors (Lipinski definition) is 2. The van der Waals surface area contributed by atoms with Crippen LogP contribution in [-0.4, -0.2) is 33.1 Å². The van der Waals surface area contributed by atoms with Crippen LogP contribution in [0.2, 0.25) is 0 Å². The first kappa shape index (κ1) is 22.8. The molecule has 0 aromatic heterocycles. The molecule has 0 aromatic carbocycles. The molecular weight excluding hydrogens is 188 g/mol. The Morgan fingerprint density at radius 1 is 1.00 bits per heavy atom. The van der Waals surface area contributed by atoms with Crippen molar-refractivity contribution in [1.82, 2.24) is 0 Å². The molecule has 0 atom stereocenters. The van der Waals surface area contributed by atoms with Gasteiger partial charge in [-0.2, -0.15) is 0 Å². The topological polar surface area (TPSA) is 138 Å². The van der Waals surface area contributed by atoms with Gasteiger partial charge < -0.3 is 21.2 Å². The summed E-state index contributed by atoms with van der Waals surface area (Å²) in [7, 11) is 0. The van der Waals surface area contributed by atoms with E-state index < -0.39 is 18.4 Å². The van der Waals surface area contributed by atoms with Gasteiger partial charge in [0.2, 0.25) is 0 Å². The van der Waals surface area contributed by atoms with Crippen LogP contribution in [0.3, 0.4) is 0 Å². The second kappa shape index (κ2) is 11.2. The Labute approximate surface area is 66.9 Å². The smallest absolute Gasteiger partial charge is 0.314 e. The number of carboxylic acids is 2. The maximum atomic E-state index is 9.43. The summed E-state index contributed by atoms with van der Waals surface area (Å²) in [6.07, 6.45) is -0.806. The maximum Gasteiger partial charge on any atom is 0.314 e. The van der Waals surface area contributed by atoms with Crippen molar-refractivity contribution in [3.05, 3.63) is 0 Å². The molecule has 64 valence electrons. The van der Waals surface area contributed by atoms with Gasteiger partial charge in [0.1, 0.15) is 6.42 Å². The van der Waals surface area contributed by atoms with Gasteiger partial charge in [-0.05, 0) is 0 Å². The molecule has 10 heavy (non-hydrogen) atoms. The van der Waals surface area contributed by atoms with E-state index in [2.05, 4.69) is 0 Å². The molecule has 0 aliphatic heterocycles. The molecule has 0 aliphatic rings. The molecule has 0 saturated heterocycles. The normalized spacial score (nSPS) is 5.60. The summed E-state index contributed by atoms with van der Waals surface area (Å²) in [6.45, 7) is 0. The zero-order valence-corrected chi connectivity index (χ0v) is 5.88. The Morgan fingerprint density at radius 3 is 1.20 bits per heavy atom. The van der Waals surface area contributed by atoms with Crippen LogP contribution < -0.4 is 0 Å². The molecule has 0 fully saturated rings. The molecule has 0 spiro atoms. The van der Waals surface area contributed by atoms with Gasteiger partial charge >= 0.3 is 11.9 Å². The SMILES string of the molecule is O.O.O=C(O)CC(=O)O.[Fe]. The van der Waals surface area contributed by atoms with Crippen molar-refractivity contribution in [2.45, 2.75) is 6.42 Å². The van der Waals surface area contributed by atoms with Crippen LogP contribution in [0.4, 0.5) is 0 Å². The molecule has 0 bridgehead atoms. The van der Waals surface area contributed by atoms with Gasteiger partial charge in [-0.1, -0.05) is 0 Å². The van der Waals surface area contributed by atoms with Gasteiger partial charge in [0.25, 0.3) is 0 Å². The van der Waals surface area contributed by atoms with Crippen molar-refractivity contribution in [2.75, 3.05) is 0 Å². The molecule has 0 radical (unpaired) electrons. The van der Waals surface area contributed by atoms with Crippen molar-refractivity contribution in [2.24, 2.45) is 0 Å². The van der Waals surface area contributed by atoms with Crippen LogP contribution in [-0.2, 0) is 26.7 Å². The quantitative estimate of drug-likeness (QED) is 0.385. The summed E-state index contributed by atoms with van der Waals surface area (Å²) < 4.78 is 0. The summed E-state index contributed by atoms with van der Waals surface area (Å²) in [5, 5.41) is 15.4. The molecule has 6 nitrogen and oxygen atoms in total. The van der Waals surface area contributed by atoms with Gasteiger partial charge in [0, 0.05) is 17.1 Å². The number of carbonyl (C=O) groups is 2. The van der Waals surface area contributed by atoms with Crippen molar-refractivity contribution < 1.29 is 47.8 Å². The largest absolute Gasteiger partial charge is 0.481 e. The van der Waals surface area contributed by atoms with E-state index in [1.807, 2.05) is 0 Å². The van der Waals surface area contributed by atoms with Crippen molar-refractivity contribution in [3.63, 3.8) is 0 Å². The van der Waals surface area contributed by atoms with Crippen LogP contribution in [0, 0.1) is 0 Å². The van der Waals surface area contributed by atoms with E-state index in [0.29, 0.717) is 0 Å². The van der Waals surface area contributed by atoms with Gasteiger partial charge in [-0.25, -0.2) is 0 Å². The van der Waals surface area contributed by atoms with Crippen molar-refractivity contribution in [1.29, 1.82) is 0 Å². The summed E-state index contributed by atoms with van der Waals surface area (Å²) in [6, 6.07) is 0. The first-order valence-corrected chi connectivity index (χ1v) is 1.56. The third-order valence-electron chi connectivity index (χ3n) is 0.302. The zero-order chi connectivity index (χ0) is 5.86. The summed E-state index contributed by atoms with van der Waals surface area (Å²) in [5.74, 6) is -2.62. The summed E-state index contributed by atoms with van der Waals surface area (Å²) in [5.41, 5.74) is 0. The Balaban J connectivity index is -0.0000000600. The van der Waals surface area contributed by atoms with E-state index in [1.165, 1.54) is 0 Å². The fraction of sp³-hybridized carbons (Fsp3) is 0.333. The van der Waals surface area contributed by atoms with Crippen LogP contribution in [0.1, 0.15) is 6.42 Å². The minimum Gasteiger partial charge on any atom is -0.481 e. The summed E-state index contributed by atoms with van der Waals surface area (Å²) in [4.78, 5) is 18.9. The average Bonchev–Trinajstić information content (AvgIpc) is 1.27. The Morgan fingerprint density at radius 2 is 1.20 bits per heavy atom. The van der Waals surface area contributed by atoms with Crippen LogP contribution in [0.5, 0.6) is 0 Å². The first-order valence-electron chi connectivity index (χ1n) is 1.56. The standard InChI is InChI=1S/C3H4O4.Fe.2H2O/c4-2(5)1-3(6)7;;;/h1H2,(H,4,5)(H,6,7);;2*1H2. The average molecular weight is 196 g/mol. The van der Waals surface area contributed by atoms with E-state index in [0.717, 1.165) is 0 Å². The third kappa shape index (κ3) is 26.3. The fourth-order valence-corrected chi connectivity index (χ4v) is 0.129.